The van der Waals surface area contributed by atoms with E-state index in [1.54, 1.807) is 4.31 Å². The first-order valence-electron chi connectivity index (χ1n) is 11.2. The zero-order valence-corrected chi connectivity index (χ0v) is 18.3. The molecule has 3 saturated heterocycles. The minimum absolute atomic E-state index is 0.133. The van der Waals surface area contributed by atoms with Crippen molar-refractivity contribution in [3.8, 4) is 0 Å². The van der Waals surface area contributed by atoms with Crippen molar-refractivity contribution in [2.45, 2.75) is 75.0 Å². The predicted molar refractivity (Wildman–Crippen MR) is 109 cm³/mol. The van der Waals surface area contributed by atoms with Crippen LogP contribution in [0.3, 0.4) is 0 Å². The molecule has 0 N–H and O–H groups in total. The van der Waals surface area contributed by atoms with Crippen LogP contribution >= 0.6 is 0 Å². The molecule has 4 atom stereocenters. The molecule has 0 spiro atoms. The SMILES string of the molecule is CCCC[C@@H]1[C@H]2CCCN3CCC[C@@H](CN1S(=O)(=O)c1cccc(C(F)(F)F)c1)[C@@H]23. The first kappa shape index (κ1) is 22.1. The zero-order valence-electron chi connectivity index (χ0n) is 17.4. The highest BCUT2D eigenvalue weighted by Gasteiger charge is 2.51. The first-order valence-corrected chi connectivity index (χ1v) is 12.6. The van der Waals surface area contributed by atoms with Gasteiger partial charge in [-0.3, -0.25) is 4.90 Å². The maximum Gasteiger partial charge on any atom is 0.416 e. The fourth-order valence-corrected chi connectivity index (χ4v) is 7.78. The molecule has 0 aliphatic carbocycles. The lowest BCUT2D eigenvalue weighted by atomic mass is 9.70. The van der Waals surface area contributed by atoms with Gasteiger partial charge in [-0.1, -0.05) is 25.8 Å². The maximum atomic E-state index is 13.6. The molecule has 30 heavy (non-hydrogen) atoms. The third-order valence-corrected chi connectivity index (χ3v) is 9.13. The van der Waals surface area contributed by atoms with Crippen molar-refractivity contribution in [3.05, 3.63) is 29.8 Å². The first-order chi connectivity index (χ1) is 14.2. The highest BCUT2D eigenvalue weighted by Crippen LogP contribution is 2.45. The molecule has 4 nitrogen and oxygen atoms in total. The minimum atomic E-state index is -4.56. The number of sulfonamides is 1. The van der Waals surface area contributed by atoms with Gasteiger partial charge in [-0.05, 0) is 75.2 Å². The lowest BCUT2D eigenvalue weighted by Gasteiger charge is -2.57. The van der Waals surface area contributed by atoms with Crippen LogP contribution in [0.4, 0.5) is 13.2 Å². The second-order valence-corrected chi connectivity index (χ2v) is 10.9. The van der Waals surface area contributed by atoms with Gasteiger partial charge >= 0.3 is 6.18 Å². The number of nitrogens with zero attached hydrogens (tertiary/aromatic N) is 2. The van der Waals surface area contributed by atoms with Gasteiger partial charge < -0.3 is 0 Å². The highest BCUT2D eigenvalue weighted by molar-refractivity contribution is 7.89. The number of benzene rings is 1. The monoisotopic (exact) mass is 444 g/mol. The van der Waals surface area contributed by atoms with Crippen molar-refractivity contribution in [3.63, 3.8) is 0 Å². The van der Waals surface area contributed by atoms with E-state index in [9.17, 15) is 21.6 Å². The fourth-order valence-electron chi connectivity index (χ4n) is 5.97. The lowest BCUT2D eigenvalue weighted by Crippen LogP contribution is -2.65. The van der Waals surface area contributed by atoms with Gasteiger partial charge in [-0.25, -0.2) is 8.42 Å². The molecule has 4 rings (SSSR count). The summed E-state index contributed by atoms with van der Waals surface area (Å²) in [5.41, 5.74) is -0.912. The largest absolute Gasteiger partial charge is 0.416 e. The molecule has 3 aliphatic rings. The Balaban J connectivity index is 1.71. The Morgan fingerprint density at radius 1 is 1.13 bits per heavy atom. The lowest BCUT2D eigenvalue weighted by molar-refractivity contribution is -0.137. The van der Waals surface area contributed by atoms with Gasteiger partial charge in [0.1, 0.15) is 0 Å². The number of unbranched alkanes of at least 4 members (excludes halogenated alkanes) is 1. The third-order valence-electron chi connectivity index (χ3n) is 7.25. The van der Waals surface area contributed by atoms with Crippen molar-refractivity contribution >= 4 is 10.0 Å². The van der Waals surface area contributed by atoms with Crippen LogP contribution in [0.2, 0.25) is 0 Å². The summed E-state index contributed by atoms with van der Waals surface area (Å²) in [5.74, 6) is 0.535. The van der Waals surface area contributed by atoms with Crippen molar-refractivity contribution in [2.24, 2.45) is 11.8 Å². The second-order valence-electron chi connectivity index (χ2n) is 9.04. The third kappa shape index (κ3) is 4.02. The van der Waals surface area contributed by atoms with Gasteiger partial charge in [0.2, 0.25) is 10.0 Å². The fraction of sp³-hybridized carbons (Fsp3) is 0.727. The van der Waals surface area contributed by atoms with Gasteiger partial charge in [-0.15, -0.1) is 0 Å². The molecular weight excluding hydrogens is 413 g/mol. The average Bonchev–Trinajstić information content (AvgIpc) is 2.72. The topological polar surface area (TPSA) is 40.6 Å². The van der Waals surface area contributed by atoms with E-state index in [1.807, 2.05) is 0 Å². The molecule has 0 bridgehead atoms. The Hall–Kier alpha value is -1.12. The molecule has 3 heterocycles. The molecule has 0 saturated carbocycles. The van der Waals surface area contributed by atoms with E-state index in [4.69, 9.17) is 0 Å². The Bertz CT molecular complexity index is 856. The zero-order chi connectivity index (χ0) is 21.5. The van der Waals surface area contributed by atoms with Crippen LogP contribution in [0.25, 0.3) is 0 Å². The van der Waals surface area contributed by atoms with Crippen molar-refractivity contribution in [1.82, 2.24) is 9.21 Å². The van der Waals surface area contributed by atoms with Crippen LogP contribution in [0.5, 0.6) is 0 Å². The summed E-state index contributed by atoms with van der Waals surface area (Å²) in [5, 5.41) is 0. The minimum Gasteiger partial charge on any atom is -0.300 e. The van der Waals surface area contributed by atoms with E-state index < -0.39 is 21.8 Å². The molecule has 0 radical (unpaired) electrons. The second kappa shape index (κ2) is 8.43. The molecule has 1 aromatic carbocycles. The number of rotatable bonds is 5. The number of halogens is 3. The smallest absolute Gasteiger partial charge is 0.300 e. The van der Waals surface area contributed by atoms with Crippen LogP contribution in [0.1, 0.15) is 57.4 Å². The summed E-state index contributed by atoms with van der Waals surface area (Å²) in [6, 6.07) is 4.52. The van der Waals surface area contributed by atoms with Gasteiger partial charge in [-0.2, -0.15) is 17.5 Å². The standard InChI is InChI=1S/C22H31F3N2O2S/c1-2-3-11-20-19-10-6-13-26-12-5-7-16(21(19)26)15-27(20)30(28,29)18-9-4-8-17(14-18)22(23,24)25/h4,8-9,14,16,19-21H,2-3,5-7,10-13,15H2,1H3/t16-,19+,20+,21-/m0/s1. The van der Waals surface area contributed by atoms with Crippen LogP contribution in [-0.4, -0.2) is 49.3 Å². The normalized spacial score (nSPS) is 30.8. The number of piperidine rings is 3. The van der Waals surface area contributed by atoms with E-state index in [0.717, 1.165) is 70.2 Å². The number of alkyl halides is 3. The summed E-state index contributed by atoms with van der Waals surface area (Å²) in [4.78, 5) is 2.32. The summed E-state index contributed by atoms with van der Waals surface area (Å²) < 4.78 is 68.5. The van der Waals surface area contributed by atoms with Crippen molar-refractivity contribution < 1.29 is 21.6 Å². The van der Waals surface area contributed by atoms with E-state index in [-0.39, 0.29) is 22.8 Å². The number of hydrogen-bond donors (Lipinski definition) is 0. The van der Waals surface area contributed by atoms with E-state index >= 15 is 0 Å². The van der Waals surface area contributed by atoms with Crippen LogP contribution in [0.15, 0.2) is 29.2 Å². The number of hydrogen-bond acceptors (Lipinski definition) is 3. The Kier molecular flexibility index (Phi) is 6.21. The molecular formula is C22H31F3N2O2S. The molecule has 8 heteroatoms. The molecule has 0 aromatic heterocycles. The molecule has 1 aromatic rings. The molecule has 168 valence electrons. The van der Waals surface area contributed by atoms with Gasteiger partial charge in [0.05, 0.1) is 10.5 Å². The van der Waals surface area contributed by atoms with Crippen LogP contribution < -0.4 is 0 Å². The predicted octanol–water partition coefficient (Wildman–Crippen LogP) is 4.76. The average molecular weight is 445 g/mol. The Morgan fingerprint density at radius 3 is 2.57 bits per heavy atom. The summed E-state index contributed by atoms with van der Waals surface area (Å²) in [7, 11) is -4.00. The van der Waals surface area contributed by atoms with E-state index in [1.165, 1.54) is 12.1 Å². The molecule has 3 aliphatic heterocycles. The van der Waals surface area contributed by atoms with Gasteiger partial charge in [0.15, 0.2) is 0 Å². The summed E-state index contributed by atoms with van der Waals surface area (Å²) in [6.45, 7) is 4.67. The van der Waals surface area contributed by atoms with E-state index in [0.29, 0.717) is 12.6 Å². The Morgan fingerprint density at radius 2 is 1.87 bits per heavy atom. The molecule has 0 unspecified atom stereocenters. The van der Waals surface area contributed by atoms with E-state index in [2.05, 4.69) is 11.8 Å². The van der Waals surface area contributed by atoms with Gasteiger partial charge in [0.25, 0.3) is 0 Å². The molecule has 0 amide bonds. The Labute approximate surface area is 177 Å². The van der Waals surface area contributed by atoms with Crippen molar-refractivity contribution in [2.75, 3.05) is 19.6 Å². The van der Waals surface area contributed by atoms with Gasteiger partial charge in [0, 0.05) is 18.6 Å². The van der Waals surface area contributed by atoms with Crippen LogP contribution in [0, 0.1) is 11.8 Å². The summed E-state index contributed by atoms with van der Waals surface area (Å²) in [6.07, 6.45) is 2.22. The summed E-state index contributed by atoms with van der Waals surface area (Å²) >= 11 is 0. The molecule has 3 fully saturated rings. The van der Waals surface area contributed by atoms with Crippen LogP contribution in [-0.2, 0) is 16.2 Å². The van der Waals surface area contributed by atoms with Crippen molar-refractivity contribution in [1.29, 1.82) is 0 Å². The highest BCUT2D eigenvalue weighted by atomic mass is 32.2. The maximum absolute atomic E-state index is 13.6. The quantitative estimate of drug-likeness (QED) is 0.658.